The summed E-state index contributed by atoms with van der Waals surface area (Å²) in [5, 5.41) is -0.0522. The number of fused-ring (bicyclic) bond motifs is 1. The summed E-state index contributed by atoms with van der Waals surface area (Å²) in [6.45, 7) is 0. The van der Waals surface area contributed by atoms with Crippen molar-refractivity contribution >= 4 is 38.4 Å². The molecule has 2 aromatic rings. The minimum absolute atomic E-state index is 0.0375. The van der Waals surface area contributed by atoms with Crippen molar-refractivity contribution in [2.45, 2.75) is 24.1 Å². The molecular formula is C22H21F3N2O6S2. The molecule has 0 aliphatic carbocycles. The normalized spacial score (nSPS) is 22.2. The molecular weight excluding hydrogens is 509 g/mol. The molecule has 0 spiro atoms. The number of thioether (sulfide) groups is 1. The van der Waals surface area contributed by atoms with Crippen molar-refractivity contribution in [3.8, 4) is 17.2 Å². The number of sulfone groups is 1. The Morgan fingerprint density at radius 3 is 2.40 bits per heavy atom. The van der Waals surface area contributed by atoms with Crippen LogP contribution in [-0.2, 0) is 21.1 Å². The molecule has 2 unspecified atom stereocenters. The zero-order valence-corrected chi connectivity index (χ0v) is 20.2. The fourth-order valence-electron chi connectivity index (χ4n) is 3.99. The van der Waals surface area contributed by atoms with Gasteiger partial charge in [0.05, 0.1) is 38.2 Å². The number of nitrogens with zero attached hydrogens (tertiary/aromatic N) is 2. The Morgan fingerprint density at radius 2 is 1.77 bits per heavy atom. The van der Waals surface area contributed by atoms with Crippen LogP contribution < -0.4 is 19.1 Å². The molecule has 4 rings (SSSR count). The lowest BCUT2D eigenvalue weighted by Gasteiger charge is -2.24. The van der Waals surface area contributed by atoms with Crippen LogP contribution in [0.2, 0.25) is 0 Å². The van der Waals surface area contributed by atoms with Gasteiger partial charge in [0.15, 0.2) is 26.5 Å². The summed E-state index contributed by atoms with van der Waals surface area (Å²) >= 11 is 1.17. The van der Waals surface area contributed by atoms with E-state index in [2.05, 4.69) is 9.73 Å². The summed E-state index contributed by atoms with van der Waals surface area (Å²) in [4.78, 5) is 18.6. The predicted molar refractivity (Wildman–Crippen MR) is 125 cm³/mol. The highest BCUT2D eigenvalue weighted by Gasteiger charge is 2.49. The number of anilines is 1. The van der Waals surface area contributed by atoms with E-state index in [0.29, 0.717) is 27.9 Å². The van der Waals surface area contributed by atoms with E-state index in [1.54, 1.807) is 23.1 Å². The number of benzene rings is 2. The number of alkyl halides is 3. The third kappa shape index (κ3) is 5.84. The first kappa shape index (κ1) is 25.2. The minimum atomic E-state index is -4.83. The van der Waals surface area contributed by atoms with E-state index in [9.17, 15) is 26.4 Å². The second kappa shape index (κ2) is 9.61. The van der Waals surface area contributed by atoms with Crippen molar-refractivity contribution in [3.63, 3.8) is 0 Å². The van der Waals surface area contributed by atoms with Crippen molar-refractivity contribution in [2.75, 3.05) is 30.6 Å². The molecule has 1 amide bonds. The van der Waals surface area contributed by atoms with E-state index in [1.807, 2.05) is 0 Å². The van der Waals surface area contributed by atoms with Gasteiger partial charge in [0, 0.05) is 10.9 Å². The van der Waals surface area contributed by atoms with Crippen LogP contribution in [0.5, 0.6) is 17.2 Å². The fourth-order valence-corrected chi connectivity index (χ4v) is 7.92. The molecule has 35 heavy (non-hydrogen) atoms. The molecule has 2 fully saturated rings. The molecule has 0 saturated carbocycles. The minimum Gasteiger partial charge on any atom is -0.493 e. The second-order valence-electron chi connectivity index (χ2n) is 7.87. The van der Waals surface area contributed by atoms with Gasteiger partial charge in [-0.25, -0.2) is 8.42 Å². The summed E-state index contributed by atoms with van der Waals surface area (Å²) < 4.78 is 76.3. The van der Waals surface area contributed by atoms with E-state index < -0.39 is 33.9 Å². The first-order valence-electron chi connectivity index (χ1n) is 10.3. The molecule has 8 nitrogen and oxygen atoms in total. The third-order valence-electron chi connectivity index (χ3n) is 5.44. The highest BCUT2D eigenvalue weighted by molar-refractivity contribution is 8.16. The van der Waals surface area contributed by atoms with Crippen molar-refractivity contribution in [1.82, 2.24) is 0 Å². The molecule has 13 heteroatoms. The summed E-state index contributed by atoms with van der Waals surface area (Å²) in [6, 6.07) is 9.57. The lowest BCUT2D eigenvalue weighted by atomic mass is 10.1. The Kier molecular flexibility index (Phi) is 6.91. The van der Waals surface area contributed by atoms with Gasteiger partial charge in [-0.15, -0.1) is 13.2 Å². The number of aliphatic imine (C=N–C) groups is 1. The van der Waals surface area contributed by atoms with Crippen LogP contribution in [-0.4, -0.2) is 62.9 Å². The zero-order chi connectivity index (χ0) is 25.4. The number of halogens is 3. The zero-order valence-electron chi connectivity index (χ0n) is 18.6. The topological polar surface area (TPSA) is 94.5 Å². The van der Waals surface area contributed by atoms with Gasteiger partial charge in [0.1, 0.15) is 5.75 Å². The third-order valence-corrected chi connectivity index (χ3v) is 8.65. The summed E-state index contributed by atoms with van der Waals surface area (Å²) in [6.07, 6.45) is -4.87. The van der Waals surface area contributed by atoms with Gasteiger partial charge in [-0.2, -0.15) is 4.99 Å². The average Bonchev–Trinajstić information content (AvgIpc) is 3.23. The molecule has 2 heterocycles. The Hall–Kier alpha value is -2.93. The van der Waals surface area contributed by atoms with E-state index in [1.165, 1.54) is 38.1 Å². The summed E-state index contributed by atoms with van der Waals surface area (Å²) in [5.74, 6) is -0.121. The molecule has 0 aromatic heterocycles. The number of hydrogen-bond donors (Lipinski definition) is 0. The number of hydrogen-bond acceptors (Lipinski definition) is 7. The Balaban J connectivity index is 1.60. The van der Waals surface area contributed by atoms with E-state index in [4.69, 9.17) is 9.47 Å². The smallest absolute Gasteiger partial charge is 0.493 e. The van der Waals surface area contributed by atoms with Gasteiger partial charge in [0.25, 0.3) is 5.91 Å². The van der Waals surface area contributed by atoms with Gasteiger partial charge in [-0.05, 0) is 42.0 Å². The van der Waals surface area contributed by atoms with Crippen LogP contribution in [0.25, 0.3) is 0 Å². The Bertz CT molecular complexity index is 1250. The molecule has 2 atom stereocenters. The van der Waals surface area contributed by atoms with Crippen LogP contribution in [0.15, 0.2) is 47.5 Å². The van der Waals surface area contributed by atoms with E-state index in [0.717, 1.165) is 12.1 Å². The van der Waals surface area contributed by atoms with Crippen LogP contribution in [0.1, 0.15) is 5.56 Å². The van der Waals surface area contributed by atoms with Gasteiger partial charge < -0.3 is 19.1 Å². The van der Waals surface area contributed by atoms with Crippen molar-refractivity contribution in [1.29, 1.82) is 0 Å². The van der Waals surface area contributed by atoms with Crippen molar-refractivity contribution < 1.29 is 40.6 Å². The molecule has 0 bridgehead atoms. The maximum Gasteiger partial charge on any atom is 0.573 e. The SMILES string of the molecule is COc1ccc(CC(=O)N=C2SC3CS(=O)(=O)CC3N2c2ccc(OC(F)(F)F)cc2)cc1OC. The number of amidine groups is 1. The number of ether oxygens (including phenoxy) is 3. The quantitative estimate of drug-likeness (QED) is 0.561. The number of methoxy groups -OCH3 is 2. The maximum absolute atomic E-state index is 12.8. The van der Waals surface area contributed by atoms with Gasteiger partial charge in [0.2, 0.25) is 0 Å². The fraction of sp³-hybridized carbons (Fsp3) is 0.364. The van der Waals surface area contributed by atoms with E-state index in [-0.39, 0.29) is 23.2 Å². The van der Waals surface area contributed by atoms with Crippen LogP contribution >= 0.6 is 11.8 Å². The molecule has 2 aromatic carbocycles. The second-order valence-corrected chi connectivity index (χ2v) is 11.2. The van der Waals surface area contributed by atoms with Gasteiger partial charge >= 0.3 is 6.36 Å². The molecule has 2 aliphatic heterocycles. The molecule has 0 radical (unpaired) electrons. The average molecular weight is 531 g/mol. The number of carbonyl (C=O) groups is 1. The number of carbonyl (C=O) groups excluding carboxylic acids is 1. The molecule has 0 N–H and O–H groups in total. The molecule has 2 saturated heterocycles. The standard InChI is InChI=1S/C22H21F3N2O6S2/c1-31-17-8-3-13(9-18(17)32-2)10-20(28)26-21-27(16-11-35(29,30)12-19(16)34-21)14-4-6-15(7-5-14)33-22(23,24)25/h3-9,16,19H,10-12H2,1-2H3. The highest BCUT2D eigenvalue weighted by Crippen LogP contribution is 2.41. The molecule has 188 valence electrons. The van der Waals surface area contributed by atoms with Gasteiger partial charge in [-0.1, -0.05) is 17.8 Å². The lowest BCUT2D eigenvalue weighted by Crippen LogP contribution is -2.37. The maximum atomic E-state index is 12.8. The molecule has 2 aliphatic rings. The monoisotopic (exact) mass is 530 g/mol. The predicted octanol–water partition coefficient (Wildman–Crippen LogP) is 3.45. The van der Waals surface area contributed by atoms with Crippen LogP contribution in [0.3, 0.4) is 0 Å². The van der Waals surface area contributed by atoms with Gasteiger partial charge in [-0.3, -0.25) is 4.79 Å². The first-order chi connectivity index (χ1) is 16.5. The van der Waals surface area contributed by atoms with Crippen molar-refractivity contribution in [2.24, 2.45) is 4.99 Å². The largest absolute Gasteiger partial charge is 0.573 e. The van der Waals surface area contributed by atoms with Crippen LogP contribution in [0.4, 0.5) is 18.9 Å². The summed E-state index contributed by atoms with van der Waals surface area (Å²) in [5.41, 5.74) is 1.05. The number of amides is 1. The first-order valence-corrected chi connectivity index (χ1v) is 13.0. The Labute approximate surface area is 204 Å². The van der Waals surface area contributed by atoms with Crippen molar-refractivity contribution in [3.05, 3.63) is 48.0 Å². The lowest BCUT2D eigenvalue weighted by molar-refractivity contribution is -0.274. The van der Waals surface area contributed by atoms with Crippen LogP contribution in [0, 0.1) is 0 Å². The van der Waals surface area contributed by atoms with E-state index >= 15 is 0 Å². The highest BCUT2D eigenvalue weighted by atomic mass is 32.2. The number of rotatable bonds is 6. The summed E-state index contributed by atoms with van der Waals surface area (Å²) in [7, 11) is -0.315. The Morgan fingerprint density at radius 1 is 1.09 bits per heavy atom.